The first-order valence-corrected chi connectivity index (χ1v) is 8.84. The Kier molecular flexibility index (Phi) is 2.96. The number of aliphatic hydroxyl groups is 1. The predicted molar refractivity (Wildman–Crippen MR) is 82.7 cm³/mol. The van der Waals surface area contributed by atoms with Crippen molar-refractivity contribution in [3.05, 3.63) is 11.6 Å². The van der Waals surface area contributed by atoms with Gasteiger partial charge in [0.25, 0.3) is 0 Å². The van der Waals surface area contributed by atoms with Crippen LogP contribution in [0.4, 0.5) is 0 Å². The largest absolute Gasteiger partial charge is 0.393 e. The van der Waals surface area contributed by atoms with Crippen LogP contribution in [0.2, 0.25) is 0 Å². The third-order valence-electron chi connectivity index (χ3n) is 7.71. The van der Waals surface area contributed by atoms with Crippen molar-refractivity contribution in [2.45, 2.75) is 71.3 Å². The van der Waals surface area contributed by atoms with E-state index in [4.69, 9.17) is 0 Å². The maximum Gasteiger partial charge on any atom is 0.155 e. The van der Waals surface area contributed by atoms with Gasteiger partial charge >= 0.3 is 0 Å². The molecule has 0 aromatic rings. The van der Waals surface area contributed by atoms with Gasteiger partial charge in [0.1, 0.15) is 0 Å². The third-order valence-corrected chi connectivity index (χ3v) is 7.71. The predicted octanol–water partition coefficient (Wildman–Crippen LogP) is 3.88. The quantitative estimate of drug-likeness (QED) is 0.734. The molecule has 4 aliphatic rings. The second-order valence-electron chi connectivity index (χ2n) is 8.76. The molecule has 0 heterocycles. The Balaban J connectivity index is 1.68. The number of carbonyl (C=O) groups is 1. The molecule has 21 heavy (non-hydrogen) atoms. The summed E-state index contributed by atoms with van der Waals surface area (Å²) in [7, 11) is 0. The van der Waals surface area contributed by atoms with Gasteiger partial charge in [0.2, 0.25) is 0 Å². The van der Waals surface area contributed by atoms with E-state index >= 15 is 0 Å². The van der Waals surface area contributed by atoms with Crippen molar-refractivity contribution in [2.24, 2.45) is 28.6 Å². The fourth-order valence-corrected chi connectivity index (χ4v) is 6.58. The fraction of sp³-hybridized carbons (Fsp3) is 0.842. The fourth-order valence-electron chi connectivity index (χ4n) is 6.58. The van der Waals surface area contributed by atoms with Crippen LogP contribution in [0.15, 0.2) is 11.6 Å². The minimum absolute atomic E-state index is 0.0728. The molecular formula is C19H28O2. The van der Waals surface area contributed by atoms with Crippen molar-refractivity contribution in [3.8, 4) is 0 Å². The van der Waals surface area contributed by atoms with Crippen LogP contribution in [0.1, 0.15) is 65.2 Å². The number of aliphatic hydroxyl groups excluding tert-OH is 1. The maximum absolute atomic E-state index is 11.8. The molecule has 6 unspecified atom stereocenters. The summed E-state index contributed by atoms with van der Waals surface area (Å²) in [6, 6.07) is 0. The molecule has 0 aromatic carbocycles. The summed E-state index contributed by atoms with van der Waals surface area (Å²) < 4.78 is 0. The molecule has 0 saturated heterocycles. The standard InChI is InChI=1S/C19H28O2/c1-18-7-6-16-15(17(18)10-14(21)11-18)4-3-12-9-13(20)5-8-19(12,16)2/h9,14-17,21H,3-8,10-11H2,1-2H3. The zero-order valence-electron chi connectivity index (χ0n) is 13.4. The average molecular weight is 288 g/mol. The molecule has 0 spiro atoms. The zero-order chi connectivity index (χ0) is 14.8. The van der Waals surface area contributed by atoms with E-state index in [-0.39, 0.29) is 11.5 Å². The second kappa shape index (κ2) is 4.44. The molecule has 116 valence electrons. The van der Waals surface area contributed by atoms with Crippen LogP contribution in [0.5, 0.6) is 0 Å². The molecular weight excluding hydrogens is 260 g/mol. The molecule has 0 bridgehead atoms. The van der Waals surface area contributed by atoms with Gasteiger partial charge in [-0.25, -0.2) is 0 Å². The van der Waals surface area contributed by atoms with E-state index in [1.807, 2.05) is 6.08 Å². The molecule has 3 saturated carbocycles. The van der Waals surface area contributed by atoms with Crippen molar-refractivity contribution in [3.63, 3.8) is 0 Å². The Morgan fingerprint density at radius 3 is 2.76 bits per heavy atom. The highest BCUT2D eigenvalue weighted by molar-refractivity contribution is 5.91. The molecule has 0 amide bonds. The maximum atomic E-state index is 11.8. The number of allylic oxidation sites excluding steroid dienone is 1. The Bertz CT molecular complexity index is 508. The van der Waals surface area contributed by atoms with E-state index in [9.17, 15) is 9.90 Å². The lowest BCUT2D eigenvalue weighted by atomic mass is 9.47. The first-order chi connectivity index (χ1) is 9.92. The Labute approximate surface area is 128 Å². The van der Waals surface area contributed by atoms with Crippen molar-refractivity contribution in [1.82, 2.24) is 0 Å². The molecule has 0 aliphatic heterocycles. The molecule has 3 fully saturated rings. The zero-order valence-corrected chi connectivity index (χ0v) is 13.4. The summed E-state index contributed by atoms with van der Waals surface area (Å²) in [4.78, 5) is 11.8. The number of ketones is 1. The molecule has 6 atom stereocenters. The van der Waals surface area contributed by atoms with Crippen LogP contribution in [0, 0.1) is 28.6 Å². The average Bonchev–Trinajstić information content (AvgIpc) is 2.74. The first-order valence-electron chi connectivity index (χ1n) is 8.84. The van der Waals surface area contributed by atoms with E-state index in [0.717, 1.165) is 43.9 Å². The lowest BCUT2D eigenvalue weighted by Crippen LogP contribution is -2.49. The van der Waals surface area contributed by atoms with E-state index in [1.165, 1.54) is 24.8 Å². The normalized spacial score (nSPS) is 52.7. The molecule has 4 aliphatic carbocycles. The van der Waals surface area contributed by atoms with Gasteiger partial charge in [-0.3, -0.25) is 4.79 Å². The molecule has 4 rings (SSSR count). The SMILES string of the molecule is CC12CCC3C(CCC4=CC(=O)CCC43C)C1CC(O)C2. The number of hydrogen-bond donors (Lipinski definition) is 1. The van der Waals surface area contributed by atoms with E-state index in [0.29, 0.717) is 17.1 Å². The molecule has 1 N–H and O–H groups in total. The van der Waals surface area contributed by atoms with Gasteiger partial charge in [-0.05, 0) is 79.6 Å². The number of hydrogen-bond acceptors (Lipinski definition) is 2. The van der Waals surface area contributed by atoms with E-state index in [2.05, 4.69) is 13.8 Å². The van der Waals surface area contributed by atoms with Gasteiger partial charge < -0.3 is 5.11 Å². The minimum atomic E-state index is -0.0728. The molecule has 2 nitrogen and oxygen atoms in total. The molecule has 2 heteroatoms. The van der Waals surface area contributed by atoms with Gasteiger partial charge in [-0.1, -0.05) is 19.4 Å². The summed E-state index contributed by atoms with van der Waals surface area (Å²) >= 11 is 0. The van der Waals surface area contributed by atoms with Crippen LogP contribution < -0.4 is 0 Å². The monoisotopic (exact) mass is 288 g/mol. The summed E-state index contributed by atoms with van der Waals surface area (Å²) in [5.41, 5.74) is 2.09. The summed E-state index contributed by atoms with van der Waals surface area (Å²) in [6.07, 6.45) is 10.7. The van der Waals surface area contributed by atoms with E-state index in [1.54, 1.807) is 0 Å². The first kappa shape index (κ1) is 14.0. The van der Waals surface area contributed by atoms with Crippen molar-refractivity contribution in [1.29, 1.82) is 0 Å². The van der Waals surface area contributed by atoms with Crippen LogP contribution >= 0.6 is 0 Å². The van der Waals surface area contributed by atoms with Gasteiger partial charge in [0, 0.05) is 6.42 Å². The van der Waals surface area contributed by atoms with Gasteiger partial charge in [-0.2, -0.15) is 0 Å². The van der Waals surface area contributed by atoms with Crippen molar-refractivity contribution in [2.75, 3.05) is 0 Å². The number of rotatable bonds is 0. The van der Waals surface area contributed by atoms with Crippen molar-refractivity contribution < 1.29 is 9.90 Å². The highest BCUT2D eigenvalue weighted by atomic mass is 16.3. The number of fused-ring (bicyclic) bond motifs is 5. The molecule has 0 radical (unpaired) electrons. The van der Waals surface area contributed by atoms with Gasteiger partial charge in [0.05, 0.1) is 6.10 Å². The van der Waals surface area contributed by atoms with Crippen LogP contribution in [-0.4, -0.2) is 17.0 Å². The molecule has 0 aromatic heterocycles. The highest BCUT2D eigenvalue weighted by Crippen LogP contribution is 2.65. The number of carbonyl (C=O) groups excluding carboxylic acids is 1. The van der Waals surface area contributed by atoms with Crippen LogP contribution in [0.25, 0.3) is 0 Å². The van der Waals surface area contributed by atoms with Gasteiger partial charge in [-0.15, -0.1) is 0 Å². The smallest absolute Gasteiger partial charge is 0.155 e. The van der Waals surface area contributed by atoms with Crippen LogP contribution in [-0.2, 0) is 4.79 Å². The Hall–Kier alpha value is -0.630. The summed E-state index contributed by atoms with van der Waals surface area (Å²) in [5.74, 6) is 2.57. The summed E-state index contributed by atoms with van der Waals surface area (Å²) in [5, 5.41) is 10.2. The Morgan fingerprint density at radius 2 is 1.95 bits per heavy atom. The minimum Gasteiger partial charge on any atom is -0.393 e. The Morgan fingerprint density at radius 1 is 1.14 bits per heavy atom. The topological polar surface area (TPSA) is 37.3 Å². The lowest BCUT2D eigenvalue weighted by Gasteiger charge is -2.57. The van der Waals surface area contributed by atoms with E-state index < -0.39 is 0 Å². The second-order valence-corrected chi connectivity index (χ2v) is 8.76. The third kappa shape index (κ3) is 1.91. The van der Waals surface area contributed by atoms with Crippen LogP contribution in [0.3, 0.4) is 0 Å². The lowest BCUT2D eigenvalue weighted by molar-refractivity contribution is -0.117. The summed E-state index contributed by atoms with van der Waals surface area (Å²) in [6.45, 7) is 4.85. The van der Waals surface area contributed by atoms with Crippen molar-refractivity contribution >= 4 is 5.78 Å². The van der Waals surface area contributed by atoms with Gasteiger partial charge in [0.15, 0.2) is 5.78 Å². The highest BCUT2D eigenvalue weighted by Gasteiger charge is 2.57.